The number of sulfonamides is 1. The minimum atomic E-state index is -3.72. The summed E-state index contributed by atoms with van der Waals surface area (Å²) in [7, 11) is -3.72. The standard InChI is InChI=1S/C19H22ClN3O5S/c1-12-10-15(13(2)28-12)18(24)21-22-19(25)16-11-14(6-7-17(16)20)29(26,27)23-8-4-3-5-9-23/h6-7,10-11H,3-5,8-9H2,1-2H3,(H,21,24)(H,22,25). The Kier molecular flexibility index (Phi) is 6.30. The number of nitrogens with one attached hydrogen (secondary N) is 2. The number of furan rings is 1. The van der Waals surface area contributed by atoms with E-state index in [1.165, 1.54) is 22.5 Å². The molecule has 1 aliphatic heterocycles. The highest BCUT2D eigenvalue weighted by molar-refractivity contribution is 7.89. The molecule has 0 atom stereocenters. The van der Waals surface area contributed by atoms with E-state index in [9.17, 15) is 18.0 Å². The molecule has 2 aromatic rings. The van der Waals surface area contributed by atoms with E-state index < -0.39 is 21.8 Å². The molecule has 1 aromatic heterocycles. The molecule has 8 nitrogen and oxygen atoms in total. The van der Waals surface area contributed by atoms with Crippen LogP contribution in [0.15, 0.2) is 33.6 Å². The molecule has 0 aliphatic carbocycles. The highest BCUT2D eigenvalue weighted by Crippen LogP contribution is 2.25. The quantitative estimate of drug-likeness (QED) is 0.712. The molecule has 3 rings (SSSR count). The van der Waals surface area contributed by atoms with Gasteiger partial charge in [-0.25, -0.2) is 8.42 Å². The van der Waals surface area contributed by atoms with Crippen molar-refractivity contribution in [2.45, 2.75) is 38.0 Å². The van der Waals surface area contributed by atoms with Crippen LogP contribution in [0.25, 0.3) is 0 Å². The fraction of sp³-hybridized carbons (Fsp3) is 0.368. The van der Waals surface area contributed by atoms with Crippen LogP contribution in [0, 0.1) is 13.8 Å². The number of carbonyl (C=O) groups is 2. The molecular weight excluding hydrogens is 418 g/mol. The maximum Gasteiger partial charge on any atom is 0.273 e. The maximum absolute atomic E-state index is 12.8. The summed E-state index contributed by atoms with van der Waals surface area (Å²) in [6.07, 6.45) is 2.61. The number of halogens is 1. The molecule has 2 heterocycles. The predicted molar refractivity (Wildman–Crippen MR) is 107 cm³/mol. The van der Waals surface area contributed by atoms with Gasteiger partial charge in [-0.1, -0.05) is 18.0 Å². The van der Waals surface area contributed by atoms with Crippen LogP contribution < -0.4 is 10.9 Å². The molecule has 1 aromatic carbocycles. The topological polar surface area (TPSA) is 109 Å². The molecule has 1 saturated heterocycles. The average molecular weight is 440 g/mol. The second-order valence-electron chi connectivity index (χ2n) is 6.84. The highest BCUT2D eigenvalue weighted by atomic mass is 35.5. The zero-order valence-electron chi connectivity index (χ0n) is 16.1. The van der Waals surface area contributed by atoms with E-state index in [2.05, 4.69) is 10.9 Å². The molecule has 2 amide bonds. The zero-order valence-corrected chi connectivity index (χ0v) is 17.7. The van der Waals surface area contributed by atoms with Gasteiger partial charge in [0, 0.05) is 13.1 Å². The van der Waals surface area contributed by atoms with E-state index in [1.807, 2.05) is 0 Å². The molecule has 0 unspecified atom stereocenters. The molecule has 156 valence electrons. The molecule has 0 spiro atoms. The molecular formula is C19H22ClN3O5S. The van der Waals surface area contributed by atoms with Crippen LogP contribution in [0.5, 0.6) is 0 Å². The third-order valence-corrected chi connectivity index (χ3v) is 6.93. The normalized spacial score (nSPS) is 15.1. The summed E-state index contributed by atoms with van der Waals surface area (Å²) in [6.45, 7) is 4.24. The van der Waals surface area contributed by atoms with Crippen molar-refractivity contribution in [3.63, 3.8) is 0 Å². The van der Waals surface area contributed by atoms with Crippen molar-refractivity contribution >= 4 is 33.4 Å². The number of hydrogen-bond acceptors (Lipinski definition) is 5. The zero-order chi connectivity index (χ0) is 21.2. The van der Waals surface area contributed by atoms with Crippen LogP contribution in [-0.4, -0.2) is 37.6 Å². The number of hydrogen-bond donors (Lipinski definition) is 2. The largest absolute Gasteiger partial charge is 0.466 e. The summed E-state index contributed by atoms with van der Waals surface area (Å²) in [5.41, 5.74) is 4.78. The van der Waals surface area contributed by atoms with E-state index in [-0.39, 0.29) is 21.0 Å². The van der Waals surface area contributed by atoms with Crippen LogP contribution in [0.1, 0.15) is 51.5 Å². The van der Waals surface area contributed by atoms with Gasteiger partial charge in [0.25, 0.3) is 11.8 Å². The molecule has 10 heteroatoms. The number of rotatable bonds is 4. The van der Waals surface area contributed by atoms with Gasteiger partial charge in [0.05, 0.1) is 21.0 Å². The van der Waals surface area contributed by atoms with Gasteiger partial charge >= 0.3 is 0 Å². The van der Waals surface area contributed by atoms with Crippen molar-refractivity contribution in [3.8, 4) is 0 Å². The van der Waals surface area contributed by atoms with Crippen LogP contribution in [0.4, 0.5) is 0 Å². The first-order valence-corrected chi connectivity index (χ1v) is 11.0. The van der Waals surface area contributed by atoms with Gasteiger partial charge in [-0.15, -0.1) is 0 Å². The number of piperidine rings is 1. The van der Waals surface area contributed by atoms with Gasteiger partial charge in [-0.05, 0) is 51.0 Å². The van der Waals surface area contributed by atoms with Gasteiger partial charge in [0.2, 0.25) is 10.0 Å². The first kappa shape index (κ1) is 21.4. The van der Waals surface area contributed by atoms with E-state index >= 15 is 0 Å². The van der Waals surface area contributed by atoms with Crippen molar-refractivity contribution in [1.29, 1.82) is 0 Å². The van der Waals surface area contributed by atoms with Gasteiger partial charge < -0.3 is 4.42 Å². The van der Waals surface area contributed by atoms with Crippen LogP contribution in [0.3, 0.4) is 0 Å². The summed E-state index contributed by atoms with van der Waals surface area (Å²) in [6, 6.07) is 5.51. The fourth-order valence-electron chi connectivity index (χ4n) is 3.20. The van der Waals surface area contributed by atoms with Crippen molar-refractivity contribution in [2.24, 2.45) is 0 Å². The van der Waals surface area contributed by atoms with Crippen molar-refractivity contribution in [1.82, 2.24) is 15.2 Å². The van der Waals surface area contributed by atoms with E-state index in [0.717, 1.165) is 19.3 Å². The third-order valence-electron chi connectivity index (χ3n) is 4.71. The number of benzene rings is 1. The summed E-state index contributed by atoms with van der Waals surface area (Å²) < 4.78 is 32.4. The van der Waals surface area contributed by atoms with Crippen molar-refractivity contribution < 1.29 is 22.4 Å². The Morgan fingerprint density at radius 3 is 2.21 bits per heavy atom. The van der Waals surface area contributed by atoms with Crippen LogP contribution in [-0.2, 0) is 10.0 Å². The number of hydrazine groups is 1. The summed E-state index contributed by atoms with van der Waals surface area (Å²) in [5, 5.41) is 0.0738. The van der Waals surface area contributed by atoms with Crippen LogP contribution in [0.2, 0.25) is 5.02 Å². The van der Waals surface area contributed by atoms with E-state index in [0.29, 0.717) is 24.6 Å². The molecule has 29 heavy (non-hydrogen) atoms. The van der Waals surface area contributed by atoms with E-state index in [4.69, 9.17) is 16.0 Å². The summed E-state index contributed by atoms with van der Waals surface area (Å²) >= 11 is 6.09. The minimum Gasteiger partial charge on any atom is -0.466 e. The number of carbonyl (C=O) groups excluding carboxylic acids is 2. The number of aryl methyl sites for hydroxylation is 2. The van der Waals surface area contributed by atoms with Gasteiger partial charge in [0.15, 0.2) is 0 Å². The lowest BCUT2D eigenvalue weighted by Gasteiger charge is -2.26. The molecule has 1 fully saturated rings. The molecule has 2 N–H and O–H groups in total. The van der Waals surface area contributed by atoms with Crippen molar-refractivity contribution in [2.75, 3.05) is 13.1 Å². The monoisotopic (exact) mass is 439 g/mol. The lowest BCUT2D eigenvalue weighted by molar-refractivity contribution is 0.0845. The molecule has 0 radical (unpaired) electrons. The Morgan fingerprint density at radius 1 is 1.00 bits per heavy atom. The van der Waals surface area contributed by atoms with Crippen molar-refractivity contribution in [3.05, 3.63) is 51.9 Å². The third kappa shape index (κ3) is 4.63. The first-order valence-electron chi connectivity index (χ1n) is 9.17. The molecule has 0 saturated carbocycles. The average Bonchev–Trinajstić information content (AvgIpc) is 3.04. The Morgan fingerprint density at radius 2 is 1.62 bits per heavy atom. The Bertz CT molecular complexity index is 1040. The fourth-order valence-corrected chi connectivity index (χ4v) is 4.94. The van der Waals surface area contributed by atoms with Gasteiger partial charge in [-0.3, -0.25) is 20.4 Å². The smallest absolute Gasteiger partial charge is 0.273 e. The molecule has 1 aliphatic rings. The Balaban J connectivity index is 1.76. The maximum atomic E-state index is 12.8. The van der Waals surface area contributed by atoms with Gasteiger partial charge in [0.1, 0.15) is 11.5 Å². The lowest BCUT2D eigenvalue weighted by atomic mass is 10.2. The van der Waals surface area contributed by atoms with Crippen LogP contribution >= 0.6 is 11.6 Å². The summed E-state index contributed by atoms with van der Waals surface area (Å²) in [4.78, 5) is 24.7. The predicted octanol–water partition coefficient (Wildman–Crippen LogP) is 2.80. The lowest BCUT2D eigenvalue weighted by Crippen LogP contribution is -2.42. The molecule has 0 bridgehead atoms. The van der Waals surface area contributed by atoms with Gasteiger partial charge in [-0.2, -0.15) is 4.31 Å². The Labute approximate surface area is 174 Å². The second kappa shape index (κ2) is 8.56. The minimum absolute atomic E-state index is 0.0124. The first-order chi connectivity index (χ1) is 13.7. The number of amides is 2. The number of nitrogens with zero attached hydrogens (tertiary/aromatic N) is 1. The van der Waals surface area contributed by atoms with E-state index in [1.54, 1.807) is 19.9 Å². The Hall–Kier alpha value is -2.36. The second-order valence-corrected chi connectivity index (χ2v) is 9.19. The summed E-state index contributed by atoms with van der Waals surface area (Å²) in [5.74, 6) is -0.294. The SMILES string of the molecule is Cc1cc(C(=O)NNC(=O)c2cc(S(=O)(=O)N3CCCCC3)ccc2Cl)c(C)o1. The highest BCUT2D eigenvalue weighted by Gasteiger charge is 2.27.